The van der Waals surface area contributed by atoms with E-state index < -0.39 is 0 Å². The number of rotatable bonds is 2. The molecule has 19 heavy (non-hydrogen) atoms. The van der Waals surface area contributed by atoms with Gasteiger partial charge in [-0.1, -0.05) is 30.9 Å². The molecule has 0 amide bonds. The van der Waals surface area contributed by atoms with Crippen LogP contribution >= 0.6 is 0 Å². The van der Waals surface area contributed by atoms with E-state index in [1.807, 2.05) is 18.2 Å². The number of aryl methyl sites for hydroxylation is 1. The van der Waals surface area contributed by atoms with Crippen molar-refractivity contribution in [2.24, 2.45) is 0 Å². The van der Waals surface area contributed by atoms with E-state index in [4.69, 9.17) is 9.47 Å². The van der Waals surface area contributed by atoms with Crippen LogP contribution in [0.2, 0.25) is 0 Å². The molecule has 0 aliphatic carbocycles. The van der Waals surface area contributed by atoms with Gasteiger partial charge in [0.15, 0.2) is 11.5 Å². The fourth-order valence-electron chi connectivity index (χ4n) is 2.26. The van der Waals surface area contributed by atoms with Crippen molar-refractivity contribution in [3.8, 4) is 22.6 Å². The molecular weight excluding hydrogens is 236 g/mol. The number of hydrogen-bond acceptors (Lipinski definition) is 2. The van der Waals surface area contributed by atoms with Gasteiger partial charge in [0.1, 0.15) is 13.2 Å². The monoisotopic (exact) mass is 252 g/mol. The molecule has 1 heterocycles. The summed E-state index contributed by atoms with van der Waals surface area (Å²) in [6.45, 7) is 7.18. The topological polar surface area (TPSA) is 18.5 Å². The first-order chi connectivity index (χ1) is 9.28. The summed E-state index contributed by atoms with van der Waals surface area (Å²) in [5, 5.41) is 0. The summed E-state index contributed by atoms with van der Waals surface area (Å²) in [5.41, 5.74) is 4.69. The molecule has 3 rings (SSSR count). The molecule has 96 valence electrons. The number of benzene rings is 2. The van der Waals surface area contributed by atoms with Gasteiger partial charge in [0, 0.05) is 0 Å². The highest BCUT2D eigenvalue weighted by Crippen LogP contribution is 2.35. The molecule has 2 aromatic carbocycles. The van der Waals surface area contributed by atoms with Crippen LogP contribution in [0.5, 0.6) is 11.5 Å². The molecule has 0 saturated carbocycles. The van der Waals surface area contributed by atoms with Gasteiger partial charge < -0.3 is 9.47 Å². The highest BCUT2D eigenvalue weighted by molar-refractivity contribution is 5.71. The fraction of sp³-hybridized carbons (Fsp3) is 0.176. The largest absolute Gasteiger partial charge is 0.486 e. The molecule has 0 aromatic heterocycles. The lowest BCUT2D eigenvalue weighted by Crippen LogP contribution is -2.15. The van der Waals surface area contributed by atoms with E-state index in [0.717, 1.165) is 28.2 Å². The molecule has 0 N–H and O–H groups in total. The van der Waals surface area contributed by atoms with Gasteiger partial charge in [-0.2, -0.15) is 0 Å². The molecule has 1 aliphatic heterocycles. The summed E-state index contributed by atoms with van der Waals surface area (Å²) in [4.78, 5) is 0. The minimum atomic E-state index is 0.613. The standard InChI is InChI=1S/C17H16O2/c1-3-13-10-14(5-4-12(13)2)15-6-7-16-17(11-15)19-9-8-18-16/h3-7,10-11H,1,8-9H2,2H3. The second kappa shape index (κ2) is 4.81. The summed E-state index contributed by atoms with van der Waals surface area (Å²) in [6, 6.07) is 12.4. The van der Waals surface area contributed by atoms with E-state index in [9.17, 15) is 0 Å². The highest BCUT2D eigenvalue weighted by Gasteiger charge is 2.12. The van der Waals surface area contributed by atoms with Gasteiger partial charge in [0.2, 0.25) is 0 Å². The average Bonchev–Trinajstić information content (AvgIpc) is 2.47. The van der Waals surface area contributed by atoms with E-state index in [1.54, 1.807) is 0 Å². The zero-order valence-electron chi connectivity index (χ0n) is 11.0. The predicted molar refractivity (Wildman–Crippen MR) is 77.7 cm³/mol. The average molecular weight is 252 g/mol. The summed E-state index contributed by atoms with van der Waals surface area (Å²) >= 11 is 0. The molecule has 2 aromatic rings. The summed E-state index contributed by atoms with van der Waals surface area (Å²) in [6.07, 6.45) is 1.89. The summed E-state index contributed by atoms with van der Waals surface area (Å²) < 4.78 is 11.2. The summed E-state index contributed by atoms with van der Waals surface area (Å²) in [7, 11) is 0. The van der Waals surface area contributed by atoms with Crippen LogP contribution in [0.25, 0.3) is 17.2 Å². The number of hydrogen-bond donors (Lipinski definition) is 0. The maximum absolute atomic E-state index is 5.62. The van der Waals surface area contributed by atoms with Crippen LogP contribution in [0, 0.1) is 6.92 Å². The van der Waals surface area contributed by atoms with Crippen molar-refractivity contribution >= 4 is 6.08 Å². The van der Waals surface area contributed by atoms with Crippen LogP contribution in [0.15, 0.2) is 43.0 Å². The molecule has 0 unspecified atom stereocenters. The van der Waals surface area contributed by atoms with E-state index in [1.165, 1.54) is 5.56 Å². The fourth-order valence-corrected chi connectivity index (χ4v) is 2.26. The smallest absolute Gasteiger partial charge is 0.161 e. The van der Waals surface area contributed by atoms with Gasteiger partial charge in [-0.3, -0.25) is 0 Å². The first-order valence-electron chi connectivity index (χ1n) is 6.41. The third kappa shape index (κ3) is 2.22. The van der Waals surface area contributed by atoms with Crippen LogP contribution in [0.3, 0.4) is 0 Å². The zero-order valence-corrected chi connectivity index (χ0v) is 11.0. The molecule has 1 aliphatic rings. The quantitative estimate of drug-likeness (QED) is 0.802. The van der Waals surface area contributed by atoms with Gasteiger partial charge in [-0.15, -0.1) is 0 Å². The van der Waals surface area contributed by atoms with Crippen molar-refractivity contribution in [1.29, 1.82) is 0 Å². The second-order valence-corrected chi connectivity index (χ2v) is 4.63. The van der Waals surface area contributed by atoms with Crippen LogP contribution in [0.4, 0.5) is 0 Å². The second-order valence-electron chi connectivity index (χ2n) is 4.63. The molecule has 2 nitrogen and oxygen atoms in total. The summed E-state index contributed by atoms with van der Waals surface area (Å²) in [5.74, 6) is 1.65. The molecule has 0 fully saturated rings. The van der Waals surface area contributed by atoms with E-state index in [-0.39, 0.29) is 0 Å². The Labute approximate surface area is 113 Å². The number of fused-ring (bicyclic) bond motifs is 1. The maximum atomic E-state index is 5.62. The van der Waals surface area contributed by atoms with Crippen LogP contribution in [-0.4, -0.2) is 13.2 Å². The molecule has 0 spiro atoms. The Balaban J connectivity index is 2.04. The molecule has 0 atom stereocenters. The number of ether oxygens (including phenoxy) is 2. The van der Waals surface area contributed by atoms with Gasteiger partial charge in [-0.05, 0) is 47.4 Å². The Kier molecular flexibility index (Phi) is 3.00. The lowest BCUT2D eigenvalue weighted by molar-refractivity contribution is 0.171. The Morgan fingerprint density at radius 2 is 1.63 bits per heavy atom. The van der Waals surface area contributed by atoms with Gasteiger partial charge >= 0.3 is 0 Å². The van der Waals surface area contributed by atoms with Gasteiger partial charge in [0.25, 0.3) is 0 Å². The first kappa shape index (κ1) is 11.8. The minimum absolute atomic E-state index is 0.613. The van der Waals surface area contributed by atoms with Crippen molar-refractivity contribution < 1.29 is 9.47 Å². The van der Waals surface area contributed by atoms with Crippen molar-refractivity contribution in [2.45, 2.75) is 6.92 Å². The van der Waals surface area contributed by atoms with E-state index in [2.05, 4.69) is 37.8 Å². The maximum Gasteiger partial charge on any atom is 0.161 e. The Hall–Kier alpha value is -2.22. The lowest BCUT2D eigenvalue weighted by Gasteiger charge is -2.19. The van der Waals surface area contributed by atoms with Crippen LogP contribution in [-0.2, 0) is 0 Å². The normalized spacial score (nSPS) is 13.1. The van der Waals surface area contributed by atoms with Crippen molar-refractivity contribution in [2.75, 3.05) is 13.2 Å². The molecule has 0 saturated heterocycles. The van der Waals surface area contributed by atoms with Gasteiger partial charge in [0.05, 0.1) is 0 Å². The lowest BCUT2D eigenvalue weighted by atomic mass is 9.99. The van der Waals surface area contributed by atoms with E-state index >= 15 is 0 Å². The van der Waals surface area contributed by atoms with E-state index in [0.29, 0.717) is 13.2 Å². The SMILES string of the molecule is C=Cc1cc(-c2ccc3c(c2)OCCO3)ccc1C. The predicted octanol–water partition coefficient (Wildman–Crippen LogP) is 4.08. The third-order valence-electron chi connectivity index (χ3n) is 3.37. The Morgan fingerprint density at radius 3 is 2.42 bits per heavy atom. The van der Waals surface area contributed by atoms with Crippen molar-refractivity contribution in [3.05, 3.63) is 54.1 Å². The zero-order chi connectivity index (χ0) is 13.2. The molecule has 0 radical (unpaired) electrons. The Morgan fingerprint density at radius 1 is 0.947 bits per heavy atom. The minimum Gasteiger partial charge on any atom is -0.486 e. The van der Waals surface area contributed by atoms with Crippen molar-refractivity contribution in [3.63, 3.8) is 0 Å². The molecule has 0 bridgehead atoms. The van der Waals surface area contributed by atoms with Crippen LogP contribution < -0.4 is 9.47 Å². The molecular formula is C17H16O2. The first-order valence-corrected chi connectivity index (χ1v) is 6.41. The highest BCUT2D eigenvalue weighted by atomic mass is 16.6. The van der Waals surface area contributed by atoms with Crippen molar-refractivity contribution in [1.82, 2.24) is 0 Å². The van der Waals surface area contributed by atoms with Crippen LogP contribution in [0.1, 0.15) is 11.1 Å². The molecule has 2 heteroatoms. The van der Waals surface area contributed by atoms with Gasteiger partial charge in [-0.25, -0.2) is 0 Å². The third-order valence-corrected chi connectivity index (χ3v) is 3.37. The Bertz CT molecular complexity index is 629.